The Morgan fingerprint density at radius 1 is 1.26 bits per heavy atom. The Kier molecular flexibility index (Phi) is 3.10. The average Bonchev–Trinajstić information content (AvgIpc) is 2.85. The lowest BCUT2D eigenvalue weighted by Crippen LogP contribution is -2.50. The molecule has 0 N–H and O–H groups in total. The van der Waals surface area contributed by atoms with Gasteiger partial charge in [0.15, 0.2) is 5.65 Å². The number of hydrogen-bond donors (Lipinski definition) is 0. The van der Waals surface area contributed by atoms with Gasteiger partial charge < -0.3 is 4.90 Å². The maximum absolute atomic E-state index is 11.7. The molecule has 0 unspecified atom stereocenters. The van der Waals surface area contributed by atoms with Crippen LogP contribution in [-0.4, -0.2) is 42.6 Å². The molecule has 4 heterocycles. The van der Waals surface area contributed by atoms with Crippen molar-refractivity contribution in [1.29, 1.82) is 0 Å². The van der Waals surface area contributed by atoms with Gasteiger partial charge in [0.25, 0.3) is 5.56 Å². The lowest BCUT2D eigenvalue weighted by molar-refractivity contribution is 0.333. The summed E-state index contributed by atoms with van der Waals surface area (Å²) in [4.78, 5) is 22.9. The SMILES string of the molecule is Cc1nc(N2CC(Cn3ncccc3=O)C2)c2cnn(C)c2n1. The van der Waals surface area contributed by atoms with Gasteiger partial charge >= 0.3 is 0 Å². The monoisotopic (exact) mass is 311 g/mol. The minimum absolute atomic E-state index is 0.0570. The van der Waals surface area contributed by atoms with Gasteiger partial charge in [-0.3, -0.25) is 9.48 Å². The lowest BCUT2D eigenvalue weighted by atomic mass is 10.00. The first-order valence-corrected chi connectivity index (χ1v) is 7.55. The fourth-order valence-electron chi connectivity index (χ4n) is 2.98. The van der Waals surface area contributed by atoms with Crippen LogP contribution >= 0.6 is 0 Å². The predicted molar refractivity (Wildman–Crippen MR) is 85.2 cm³/mol. The third-order valence-corrected chi connectivity index (χ3v) is 4.16. The highest BCUT2D eigenvalue weighted by Crippen LogP contribution is 2.29. The van der Waals surface area contributed by atoms with Crippen LogP contribution in [0.1, 0.15) is 5.82 Å². The second-order valence-corrected chi connectivity index (χ2v) is 5.91. The number of aryl methyl sites for hydroxylation is 2. The molecule has 8 nitrogen and oxygen atoms in total. The molecule has 4 rings (SSSR count). The summed E-state index contributed by atoms with van der Waals surface area (Å²) in [5.41, 5.74) is 0.787. The van der Waals surface area contributed by atoms with Crippen molar-refractivity contribution in [2.45, 2.75) is 13.5 Å². The first-order chi connectivity index (χ1) is 11.1. The zero-order valence-electron chi connectivity index (χ0n) is 13.0. The van der Waals surface area contributed by atoms with Crippen LogP contribution in [-0.2, 0) is 13.6 Å². The maximum atomic E-state index is 11.7. The molecular formula is C15H17N7O. The molecule has 0 saturated carbocycles. The number of anilines is 1. The summed E-state index contributed by atoms with van der Waals surface area (Å²) in [5, 5.41) is 9.35. The maximum Gasteiger partial charge on any atom is 0.266 e. The molecule has 118 valence electrons. The predicted octanol–water partition coefficient (Wildman–Crippen LogP) is 0.365. The number of aromatic nitrogens is 6. The van der Waals surface area contributed by atoms with Gasteiger partial charge in [-0.2, -0.15) is 10.2 Å². The van der Waals surface area contributed by atoms with Gasteiger partial charge in [0.05, 0.1) is 18.1 Å². The summed E-state index contributed by atoms with van der Waals surface area (Å²) in [5.74, 6) is 2.05. The summed E-state index contributed by atoms with van der Waals surface area (Å²) in [7, 11) is 1.88. The molecule has 3 aromatic heterocycles. The highest BCUT2D eigenvalue weighted by Gasteiger charge is 2.30. The van der Waals surface area contributed by atoms with Crippen molar-refractivity contribution in [3.63, 3.8) is 0 Å². The number of hydrogen-bond acceptors (Lipinski definition) is 6. The molecule has 0 radical (unpaired) electrons. The molecule has 0 spiro atoms. The zero-order chi connectivity index (χ0) is 16.0. The van der Waals surface area contributed by atoms with Gasteiger partial charge in [0.2, 0.25) is 0 Å². The molecule has 23 heavy (non-hydrogen) atoms. The third kappa shape index (κ3) is 2.36. The number of fused-ring (bicyclic) bond motifs is 1. The van der Waals surface area contributed by atoms with E-state index in [1.807, 2.05) is 14.0 Å². The van der Waals surface area contributed by atoms with Crippen LogP contribution in [0.25, 0.3) is 11.0 Å². The zero-order valence-corrected chi connectivity index (χ0v) is 13.0. The Labute approximate surface area is 132 Å². The molecule has 1 aliphatic rings. The van der Waals surface area contributed by atoms with Crippen LogP contribution in [0.5, 0.6) is 0 Å². The van der Waals surface area contributed by atoms with Crippen LogP contribution in [0.15, 0.2) is 29.3 Å². The van der Waals surface area contributed by atoms with Crippen LogP contribution in [0.3, 0.4) is 0 Å². The van der Waals surface area contributed by atoms with Crippen LogP contribution in [0.2, 0.25) is 0 Å². The van der Waals surface area contributed by atoms with Crippen molar-refractivity contribution in [3.05, 3.63) is 40.7 Å². The Morgan fingerprint density at radius 2 is 2.09 bits per heavy atom. The van der Waals surface area contributed by atoms with Gasteiger partial charge in [0.1, 0.15) is 11.6 Å². The van der Waals surface area contributed by atoms with E-state index in [4.69, 9.17) is 0 Å². The van der Waals surface area contributed by atoms with E-state index < -0.39 is 0 Å². The van der Waals surface area contributed by atoms with Gasteiger partial charge in [0, 0.05) is 38.3 Å². The summed E-state index contributed by atoms with van der Waals surface area (Å²) in [6.45, 7) is 4.23. The van der Waals surface area contributed by atoms with Gasteiger partial charge in [-0.05, 0) is 13.0 Å². The minimum Gasteiger partial charge on any atom is -0.355 e. The molecule has 3 aromatic rings. The molecule has 1 aliphatic heterocycles. The average molecular weight is 311 g/mol. The van der Waals surface area contributed by atoms with Gasteiger partial charge in [-0.1, -0.05) is 0 Å². The second-order valence-electron chi connectivity index (χ2n) is 5.91. The van der Waals surface area contributed by atoms with Crippen molar-refractivity contribution in [3.8, 4) is 0 Å². The van der Waals surface area contributed by atoms with E-state index in [0.717, 1.165) is 35.8 Å². The highest BCUT2D eigenvalue weighted by molar-refractivity contribution is 5.87. The van der Waals surface area contributed by atoms with Crippen LogP contribution in [0.4, 0.5) is 5.82 Å². The lowest BCUT2D eigenvalue weighted by Gasteiger charge is -2.40. The molecule has 0 bridgehead atoms. The standard InChI is InChI=1S/C15H17N7O/c1-10-18-14-12(6-17-20(14)2)15(19-10)21-7-11(8-21)9-22-13(23)4-3-5-16-22/h3-6,11H,7-9H2,1-2H3. The summed E-state index contributed by atoms with van der Waals surface area (Å²) in [6.07, 6.45) is 3.45. The van der Waals surface area contributed by atoms with Crippen molar-refractivity contribution < 1.29 is 0 Å². The molecule has 8 heteroatoms. The molecule has 1 fully saturated rings. The molecule has 1 saturated heterocycles. The van der Waals surface area contributed by atoms with Crippen molar-refractivity contribution >= 4 is 16.9 Å². The highest BCUT2D eigenvalue weighted by atomic mass is 16.1. The number of rotatable bonds is 3. The van der Waals surface area contributed by atoms with E-state index >= 15 is 0 Å². The van der Waals surface area contributed by atoms with Crippen LogP contribution < -0.4 is 10.5 Å². The molecule has 0 atom stereocenters. The summed E-state index contributed by atoms with van der Waals surface area (Å²) in [6, 6.07) is 3.20. The summed E-state index contributed by atoms with van der Waals surface area (Å²) >= 11 is 0. The van der Waals surface area contributed by atoms with E-state index in [1.165, 1.54) is 10.7 Å². The quantitative estimate of drug-likeness (QED) is 0.695. The molecule has 0 amide bonds. The summed E-state index contributed by atoms with van der Waals surface area (Å²) < 4.78 is 3.28. The van der Waals surface area contributed by atoms with E-state index in [1.54, 1.807) is 23.1 Å². The minimum atomic E-state index is -0.0570. The third-order valence-electron chi connectivity index (χ3n) is 4.16. The molecule has 0 aromatic carbocycles. The van der Waals surface area contributed by atoms with E-state index in [-0.39, 0.29) is 5.56 Å². The van der Waals surface area contributed by atoms with Gasteiger partial charge in [-0.15, -0.1) is 0 Å². The second kappa shape index (κ2) is 5.15. The van der Waals surface area contributed by atoms with Crippen molar-refractivity contribution in [2.24, 2.45) is 13.0 Å². The Bertz CT molecular complexity index is 923. The van der Waals surface area contributed by atoms with E-state index in [2.05, 4.69) is 25.1 Å². The number of nitrogens with zero attached hydrogens (tertiary/aromatic N) is 7. The van der Waals surface area contributed by atoms with Crippen LogP contribution in [0, 0.1) is 12.8 Å². The largest absolute Gasteiger partial charge is 0.355 e. The Morgan fingerprint density at radius 3 is 2.87 bits per heavy atom. The van der Waals surface area contributed by atoms with Crippen molar-refractivity contribution in [2.75, 3.05) is 18.0 Å². The fraction of sp³-hybridized carbons (Fsp3) is 0.400. The molecule has 0 aliphatic carbocycles. The normalized spacial score (nSPS) is 15.1. The Balaban J connectivity index is 1.54. The topological polar surface area (TPSA) is 81.7 Å². The molecular weight excluding hydrogens is 294 g/mol. The smallest absolute Gasteiger partial charge is 0.266 e. The van der Waals surface area contributed by atoms with Gasteiger partial charge in [-0.25, -0.2) is 14.6 Å². The van der Waals surface area contributed by atoms with E-state index in [0.29, 0.717) is 12.5 Å². The van der Waals surface area contributed by atoms with E-state index in [9.17, 15) is 4.79 Å². The van der Waals surface area contributed by atoms with Crippen molar-refractivity contribution in [1.82, 2.24) is 29.5 Å². The fourth-order valence-corrected chi connectivity index (χ4v) is 2.98. The Hall–Kier alpha value is -2.77. The first kappa shape index (κ1) is 13.9. The first-order valence-electron chi connectivity index (χ1n) is 7.55.